The van der Waals surface area contributed by atoms with E-state index in [1.165, 1.54) is 0 Å². The zero-order chi connectivity index (χ0) is 18.8. The first-order chi connectivity index (χ1) is 13.1. The van der Waals surface area contributed by atoms with E-state index in [9.17, 15) is 9.59 Å². The number of carbonyl (C=O) groups is 2. The smallest absolute Gasteiger partial charge is 0.314 e. The summed E-state index contributed by atoms with van der Waals surface area (Å²) in [5.41, 5.74) is 4.06. The molecule has 136 valence electrons. The standard InChI is InChI=1S/C20H19N5O2/c1-13-7-9-14(10-8-13)19(26)22-18-16-11-25(12-17(16)23-24-18)20(27)21-15-5-3-2-4-6-15/h2-10H,11-12H2,1H3,(H,21,27)(H2,22,23,24,26). The lowest BCUT2D eigenvalue weighted by atomic mass is 10.1. The van der Waals surface area contributed by atoms with Crippen LogP contribution in [0.25, 0.3) is 0 Å². The van der Waals surface area contributed by atoms with Gasteiger partial charge in [-0.2, -0.15) is 5.10 Å². The molecule has 0 aliphatic carbocycles. The number of aromatic amines is 1. The third-order valence-electron chi connectivity index (χ3n) is 4.51. The van der Waals surface area contributed by atoms with Gasteiger partial charge in [0.1, 0.15) is 0 Å². The van der Waals surface area contributed by atoms with Gasteiger partial charge in [0.05, 0.1) is 18.8 Å². The van der Waals surface area contributed by atoms with Crippen molar-refractivity contribution in [1.82, 2.24) is 15.1 Å². The monoisotopic (exact) mass is 361 g/mol. The zero-order valence-electron chi connectivity index (χ0n) is 14.8. The normalized spacial score (nSPS) is 12.6. The fourth-order valence-electron chi connectivity index (χ4n) is 3.00. The van der Waals surface area contributed by atoms with E-state index in [0.717, 1.165) is 22.5 Å². The highest BCUT2D eigenvalue weighted by Gasteiger charge is 2.29. The third-order valence-corrected chi connectivity index (χ3v) is 4.51. The first kappa shape index (κ1) is 16.8. The molecule has 3 aromatic rings. The number of rotatable bonds is 3. The molecule has 27 heavy (non-hydrogen) atoms. The number of hydrogen-bond acceptors (Lipinski definition) is 3. The highest BCUT2D eigenvalue weighted by Crippen LogP contribution is 2.28. The Morgan fingerprint density at radius 2 is 1.74 bits per heavy atom. The first-order valence-electron chi connectivity index (χ1n) is 8.65. The van der Waals surface area contributed by atoms with Crippen LogP contribution in [0.15, 0.2) is 54.6 Å². The van der Waals surface area contributed by atoms with Crippen LogP contribution in [-0.2, 0) is 13.1 Å². The molecule has 0 fully saturated rings. The van der Waals surface area contributed by atoms with E-state index >= 15 is 0 Å². The number of nitrogens with zero attached hydrogens (tertiary/aromatic N) is 2. The Balaban J connectivity index is 1.43. The van der Waals surface area contributed by atoms with Crippen molar-refractivity contribution < 1.29 is 9.59 Å². The lowest BCUT2D eigenvalue weighted by Gasteiger charge is -2.16. The molecule has 0 saturated heterocycles. The van der Waals surface area contributed by atoms with Crippen molar-refractivity contribution in [2.24, 2.45) is 0 Å². The lowest BCUT2D eigenvalue weighted by Crippen LogP contribution is -2.30. The molecule has 0 atom stereocenters. The maximum absolute atomic E-state index is 12.5. The molecular weight excluding hydrogens is 342 g/mol. The second kappa shape index (κ2) is 6.95. The SMILES string of the molecule is Cc1ccc(C(=O)Nc2n[nH]c3c2CN(C(=O)Nc2ccccc2)C3)cc1. The minimum atomic E-state index is -0.225. The number of amides is 3. The van der Waals surface area contributed by atoms with Crippen molar-refractivity contribution in [2.75, 3.05) is 10.6 Å². The van der Waals surface area contributed by atoms with Crippen LogP contribution in [0.1, 0.15) is 27.2 Å². The first-order valence-corrected chi connectivity index (χ1v) is 8.65. The van der Waals surface area contributed by atoms with Crippen molar-refractivity contribution in [1.29, 1.82) is 0 Å². The zero-order valence-corrected chi connectivity index (χ0v) is 14.8. The molecule has 0 bridgehead atoms. The van der Waals surface area contributed by atoms with E-state index in [-0.39, 0.29) is 11.9 Å². The number of benzene rings is 2. The summed E-state index contributed by atoms with van der Waals surface area (Å²) in [5.74, 6) is 0.238. The van der Waals surface area contributed by atoms with E-state index in [0.29, 0.717) is 24.5 Å². The third kappa shape index (κ3) is 3.52. The Morgan fingerprint density at radius 1 is 1.00 bits per heavy atom. The van der Waals surface area contributed by atoms with E-state index in [2.05, 4.69) is 20.8 Å². The number of para-hydroxylation sites is 1. The van der Waals surface area contributed by atoms with Gasteiger partial charge in [-0.05, 0) is 31.2 Å². The average molecular weight is 361 g/mol. The van der Waals surface area contributed by atoms with E-state index in [1.807, 2.05) is 49.4 Å². The van der Waals surface area contributed by atoms with Crippen LogP contribution in [0.2, 0.25) is 0 Å². The van der Waals surface area contributed by atoms with Gasteiger partial charge in [-0.3, -0.25) is 9.89 Å². The highest BCUT2D eigenvalue weighted by molar-refractivity contribution is 6.04. The van der Waals surface area contributed by atoms with Gasteiger partial charge >= 0.3 is 6.03 Å². The van der Waals surface area contributed by atoms with Crippen LogP contribution in [0, 0.1) is 6.92 Å². The van der Waals surface area contributed by atoms with Crippen LogP contribution in [-0.4, -0.2) is 27.0 Å². The van der Waals surface area contributed by atoms with Crippen LogP contribution >= 0.6 is 0 Å². The van der Waals surface area contributed by atoms with Gasteiger partial charge in [-0.1, -0.05) is 35.9 Å². The second-order valence-corrected chi connectivity index (χ2v) is 6.50. The number of hydrogen-bond donors (Lipinski definition) is 3. The summed E-state index contributed by atoms with van der Waals surface area (Å²) in [6.07, 6.45) is 0. The molecule has 0 spiro atoms. The molecule has 2 heterocycles. The minimum Gasteiger partial charge on any atom is -0.314 e. The molecule has 0 radical (unpaired) electrons. The summed E-state index contributed by atoms with van der Waals surface area (Å²) < 4.78 is 0. The van der Waals surface area contributed by atoms with Gasteiger partial charge in [0.2, 0.25) is 0 Å². The molecule has 3 N–H and O–H groups in total. The van der Waals surface area contributed by atoms with Crippen molar-refractivity contribution in [2.45, 2.75) is 20.0 Å². The number of nitrogens with one attached hydrogen (secondary N) is 3. The summed E-state index contributed by atoms with van der Waals surface area (Å²) >= 11 is 0. The lowest BCUT2D eigenvalue weighted by molar-refractivity contribution is 0.102. The van der Waals surface area contributed by atoms with E-state index in [1.54, 1.807) is 17.0 Å². The Bertz CT molecular complexity index is 979. The average Bonchev–Trinajstić information content (AvgIpc) is 3.25. The van der Waals surface area contributed by atoms with Gasteiger partial charge in [0.25, 0.3) is 5.91 Å². The maximum Gasteiger partial charge on any atom is 0.322 e. The van der Waals surface area contributed by atoms with Gasteiger partial charge in [0.15, 0.2) is 5.82 Å². The molecule has 2 aromatic carbocycles. The topological polar surface area (TPSA) is 90.1 Å². The number of urea groups is 1. The van der Waals surface area contributed by atoms with Crippen molar-refractivity contribution in [3.05, 3.63) is 77.0 Å². The summed E-state index contributed by atoms with van der Waals surface area (Å²) in [6, 6.07) is 16.4. The van der Waals surface area contributed by atoms with Crippen molar-refractivity contribution >= 4 is 23.4 Å². The fourth-order valence-corrected chi connectivity index (χ4v) is 3.00. The number of carbonyl (C=O) groups excluding carboxylic acids is 2. The van der Waals surface area contributed by atoms with E-state index < -0.39 is 0 Å². The molecule has 1 aromatic heterocycles. The largest absolute Gasteiger partial charge is 0.322 e. The van der Waals surface area contributed by atoms with Gasteiger partial charge in [-0.15, -0.1) is 0 Å². The summed E-state index contributed by atoms with van der Waals surface area (Å²) in [4.78, 5) is 26.5. The second-order valence-electron chi connectivity index (χ2n) is 6.50. The predicted octanol–water partition coefficient (Wildman–Crippen LogP) is 3.52. The fraction of sp³-hybridized carbons (Fsp3) is 0.150. The van der Waals surface area contributed by atoms with Gasteiger partial charge in [-0.25, -0.2) is 4.79 Å². The van der Waals surface area contributed by atoms with Crippen molar-refractivity contribution in [3.8, 4) is 0 Å². The van der Waals surface area contributed by atoms with Gasteiger partial charge in [0, 0.05) is 16.8 Å². The van der Waals surface area contributed by atoms with Crippen LogP contribution in [0.3, 0.4) is 0 Å². The van der Waals surface area contributed by atoms with Crippen LogP contribution in [0.4, 0.5) is 16.3 Å². The number of aromatic nitrogens is 2. The quantitative estimate of drug-likeness (QED) is 0.667. The Kier molecular flexibility index (Phi) is 4.33. The van der Waals surface area contributed by atoms with Crippen LogP contribution < -0.4 is 10.6 Å². The Labute approximate surface area is 156 Å². The predicted molar refractivity (Wildman–Crippen MR) is 102 cm³/mol. The Hall–Kier alpha value is -3.61. The Morgan fingerprint density at radius 3 is 2.48 bits per heavy atom. The molecule has 3 amide bonds. The number of H-pyrrole nitrogens is 1. The number of anilines is 2. The van der Waals surface area contributed by atoms with Crippen LogP contribution in [0.5, 0.6) is 0 Å². The molecule has 1 aliphatic rings. The summed E-state index contributed by atoms with van der Waals surface area (Å²) in [6.45, 7) is 2.77. The molecule has 0 unspecified atom stereocenters. The van der Waals surface area contributed by atoms with Crippen molar-refractivity contribution in [3.63, 3.8) is 0 Å². The van der Waals surface area contributed by atoms with Gasteiger partial charge < -0.3 is 15.5 Å². The molecule has 4 rings (SSSR count). The summed E-state index contributed by atoms with van der Waals surface area (Å²) in [5, 5.41) is 12.8. The molecule has 0 saturated carbocycles. The minimum absolute atomic E-state index is 0.193. The molecule has 7 nitrogen and oxygen atoms in total. The molecule has 1 aliphatic heterocycles. The number of fused-ring (bicyclic) bond motifs is 1. The number of aryl methyl sites for hydroxylation is 1. The molecular formula is C20H19N5O2. The highest BCUT2D eigenvalue weighted by atomic mass is 16.2. The summed E-state index contributed by atoms with van der Waals surface area (Å²) in [7, 11) is 0. The molecule has 7 heteroatoms. The van der Waals surface area contributed by atoms with E-state index in [4.69, 9.17) is 0 Å². The maximum atomic E-state index is 12.5.